The van der Waals surface area contributed by atoms with Gasteiger partial charge in [-0.3, -0.25) is 28.2 Å². The number of hydrogen-bond acceptors (Lipinski definition) is 17. The van der Waals surface area contributed by atoms with E-state index in [0.29, 0.717) is 0 Å². The lowest BCUT2D eigenvalue weighted by molar-refractivity contribution is -0.269. The SMILES string of the molecule is CC(=O)C1OC(OP(=O)(O)OP(=O)(O)OCC2OC(n3cnc4c(=O)[nH]c(N)nc43)C(O)C2O)C(O)C(O)C1O. The molecule has 0 aliphatic carbocycles. The molecule has 21 nitrogen and oxygen atoms in total. The number of carbonyl (C=O) groups excluding carboxylic acids is 1. The van der Waals surface area contributed by atoms with Crippen LogP contribution in [0.3, 0.4) is 0 Å². The standard InChI is InChI=1S/C17H25N5O16P2/c1-4(23)12-9(26)8(25)11(28)16(36-12)37-40(32,33)38-39(30,31)34-2-5-7(24)10(27)15(35-5)22-3-19-6-13(22)20-17(18)21-14(6)29/h3,5,7-12,15-16,24-28H,2H2,1H3,(H,30,31)(H,32,33)(H3,18,20,21,29). The molecule has 10 N–H and O–H groups in total. The highest BCUT2D eigenvalue weighted by molar-refractivity contribution is 7.61. The number of phosphoric ester groups is 2. The zero-order valence-electron chi connectivity index (χ0n) is 20.1. The molecule has 11 unspecified atom stereocenters. The molecule has 2 fully saturated rings. The molecule has 0 saturated carbocycles. The molecular formula is C17H25N5O16P2. The van der Waals surface area contributed by atoms with Crippen molar-refractivity contribution in [2.24, 2.45) is 0 Å². The summed E-state index contributed by atoms with van der Waals surface area (Å²) in [6, 6.07) is 0. The summed E-state index contributed by atoms with van der Waals surface area (Å²) < 4.78 is 49.2. The zero-order chi connectivity index (χ0) is 29.7. The number of nitrogen functional groups attached to an aromatic ring is 1. The summed E-state index contributed by atoms with van der Waals surface area (Å²) in [5.41, 5.74) is 4.53. The van der Waals surface area contributed by atoms with Gasteiger partial charge in [0.2, 0.25) is 5.95 Å². The summed E-state index contributed by atoms with van der Waals surface area (Å²) in [5.74, 6) is -1.13. The Morgan fingerprint density at radius 1 is 1.07 bits per heavy atom. The van der Waals surface area contributed by atoms with Gasteiger partial charge in [-0.05, 0) is 6.92 Å². The number of nitrogens with two attached hydrogens (primary N) is 1. The third kappa shape index (κ3) is 6.17. The fraction of sp³-hybridized carbons (Fsp3) is 0.647. The molecule has 40 heavy (non-hydrogen) atoms. The molecule has 2 saturated heterocycles. The van der Waals surface area contributed by atoms with Gasteiger partial charge >= 0.3 is 15.6 Å². The van der Waals surface area contributed by atoms with E-state index in [2.05, 4.69) is 28.3 Å². The van der Waals surface area contributed by atoms with Crippen molar-refractivity contribution in [1.82, 2.24) is 19.5 Å². The number of fused-ring (bicyclic) bond motifs is 1. The molecule has 224 valence electrons. The first-order valence-corrected chi connectivity index (χ1v) is 14.1. The zero-order valence-corrected chi connectivity index (χ0v) is 21.9. The predicted molar refractivity (Wildman–Crippen MR) is 124 cm³/mol. The Morgan fingerprint density at radius 3 is 2.40 bits per heavy atom. The van der Waals surface area contributed by atoms with Crippen LogP contribution in [-0.4, -0.2) is 116 Å². The topological polar surface area (TPSA) is 329 Å². The number of H-pyrrole nitrogens is 1. The lowest BCUT2D eigenvalue weighted by atomic mass is 9.97. The Balaban J connectivity index is 1.40. The number of Topliss-reactive ketones (excluding diaryl/α,β-unsaturated/α-hetero) is 1. The van der Waals surface area contributed by atoms with E-state index < -0.39 is 88.8 Å². The first kappa shape index (κ1) is 30.8. The molecule has 2 aromatic heterocycles. The lowest BCUT2D eigenvalue weighted by Gasteiger charge is -2.39. The van der Waals surface area contributed by atoms with Crippen molar-refractivity contribution in [3.05, 3.63) is 16.7 Å². The monoisotopic (exact) mass is 617 g/mol. The van der Waals surface area contributed by atoms with Gasteiger partial charge in [0.25, 0.3) is 5.56 Å². The second-order valence-corrected chi connectivity index (χ2v) is 11.7. The van der Waals surface area contributed by atoms with Crippen molar-refractivity contribution in [1.29, 1.82) is 0 Å². The minimum absolute atomic E-state index is 0.120. The number of imidazole rings is 1. The molecule has 2 aliphatic rings. The largest absolute Gasteiger partial charge is 0.483 e. The molecule has 0 amide bonds. The summed E-state index contributed by atoms with van der Waals surface area (Å²) in [5, 5.41) is 50.4. The van der Waals surface area contributed by atoms with Crippen LogP contribution in [-0.2, 0) is 36.8 Å². The van der Waals surface area contributed by atoms with E-state index in [0.717, 1.165) is 17.8 Å². The number of nitrogens with zero attached hydrogens (tertiary/aromatic N) is 3. The highest BCUT2D eigenvalue weighted by atomic mass is 31.3. The Bertz CT molecular complexity index is 1420. The van der Waals surface area contributed by atoms with Crippen LogP contribution < -0.4 is 11.3 Å². The van der Waals surface area contributed by atoms with E-state index >= 15 is 0 Å². The molecule has 4 heterocycles. The quantitative estimate of drug-likeness (QED) is 0.121. The van der Waals surface area contributed by atoms with Gasteiger partial charge < -0.3 is 50.5 Å². The molecule has 0 spiro atoms. The van der Waals surface area contributed by atoms with Crippen LogP contribution in [0.25, 0.3) is 11.2 Å². The highest BCUT2D eigenvalue weighted by Crippen LogP contribution is 2.61. The average Bonchev–Trinajstić information content (AvgIpc) is 3.38. The van der Waals surface area contributed by atoms with Crippen molar-refractivity contribution in [3.63, 3.8) is 0 Å². The Morgan fingerprint density at radius 2 is 1.75 bits per heavy atom. The fourth-order valence-corrected chi connectivity index (χ4v) is 6.13. The van der Waals surface area contributed by atoms with Gasteiger partial charge in [0.1, 0.15) is 42.7 Å². The molecule has 2 aromatic rings. The fourth-order valence-electron chi connectivity index (χ4n) is 3.97. The van der Waals surface area contributed by atoms with Gasteiger partial charge in [-0.1, -0.05) is 0 Å². The number of ether oxygens (including phenoxy) is 2. The summed E-state index contributed by atoms with van der Waals surface area (Å²) in [7, 11) is -11.2. The summed E-state index contributed by atoms with van der Waals surface area (Å²) in [4.78, 5) is 53.3. The van der Waals surface area contributed by atoms with E-state index in [1.165, 1.54) is 0 Å². The van der Waals surface area contributed by atoms with Gasteiger partial charge in [0, 0.05) is 0 Å². The van der Waals surface area contributed by atoms with Gasteiger partial charge in [0.05, 0.1) is 12.9 Å². The van der Waals surface area contributed by atoms with Gasteiger partial charge in [-0.25, -0.2) is 14.1 Å². The summed E-state index contributed by atoms with van der Waals surface area (Å²) in [6.45, 7) is -0.0622. The Labute approximate surface area is 221 Å². The van der Waals surface area contributed by atoms with Crippen LogP contribution in [0.4, 0.5) is 5.95 Å². The van der Waals surface area contributed by atoms with Gasteiger partial charge in [0.15, 0.2) is 29.5 Å². The van der Waals surface area contributed by atoms with E-state index in [1.807, 2.05) is 0 Å². The van der Waals surface area contributed by atoms with Crippen LogP contribution in [0.5, 0.6) is 0 Å². The number of nitrogens with one attached hydrogen (secondary N) is 1. The number of carbonyl (C=O) groups is 1. The van der Waals surface area contributed by atoms with Crippen LogP contribution in [0.15, 0.2) is 11.1 Å². The molecule has 0 bridgehead atoms. The number of phosphoric acid groups is 2. The van der Waals surface area contributed by atoms with Crippen LogP contribution in [0, 0.1) is 0 Å². The normalized spacial score (nSPS) is 35.9. The predicted octanol–water partition coefficient (Wildman–Crippen LogP) is -4.03. The van der Waals surface area contributed by atoms with E-state index in [9.17, 15) is 54.0 Å². The van der Waals surface area contributed by atoms with Crippen LogP contribution in [0.2, 0.25) is 0 Å². The minimum Gasteiger partial charge on any atom is -0.387 e. The van der Waals surface area contributed by atoms with Crippen LogP contribution >= 0.6 is 15.6 Å². The maximum atomic E-state index is 12.3. The first-order chi connectivity index (χ1) is 18.5. The summed E-state index contributed by atoms with van der Waals surface area (Å²) >= 11 is 0. The summed E-state index contributed by atoms with van der Waals surface area (Å²) in [6.07, 6.45) is -15.6. The van der Waals surface area contributed by atoms with Crippen molar-refractivity contribution in [2.45, 2.75) is 62.2 Å². The molecule has 4 rings (SSSR count). The van der Waals surface area contributed by atoms with Crippen LogP contribution in [0.1, 0.15) is 13.2 Å². The van der Waals surface area contributed by atoms with Crippen molar-refractivity contribution in [3.8, 4) is 0 Å². The third-order valence-electron chi connectivity index (χ3n) is 5.88. The van der Waals surface area contributed by atoms with Crippen molar-refractivity contribution >= 4 is 38.5 Å². The van der Waals surface area contributed by atoms with Gasteiger partial charge in [-0.15, -0.1) is 0 Å². The van der Waals surface area contributed by atoms with E-state index in [1.54, 1.807) is 0 Å². The Kier molecular flexibility index (Phi) is 8.64. The second kappa shape index (κ2) is 11.2. The maximum Gasteiger partial charge on any atom is 0.483 e. The lowest BCUT2D eigenvalue weighted by Crippen LogP contribution is -2.59. The number of hydrogen-bond donors (Lipinski definition) is 9. The Hall–Kier alpha value is -2.20. The van der Waals surface area contributed by atoms with E-state index in [4.69, 9.17) is 15.2 Å². The minimum atomic E-state index is -5.65. The third-order valence-corrected chi connectivity index (χ3v) is 8.48. The van der Waals surface area contributed by atoms with Crippen molar-refractivity contribution < 1.29 is 72.1 Å². The average molecular weight is 617 g/mol. The maximum absolute atomic E-state index is 12.3. The van der Waals surface area contributed by atoms with Gasteiger partial charge in [-0.2, -0.15) is 9.29 Å². The number of ketones is 1. The molecule has 0 radical (unpaired) electrons. The first-order valence-electron chi connectivity index (χ1n) is 11.1. The van der Waals surface area contributed by atoms with E-state index in [-0.39, 0.29) is 17.1 Å². The number of aliphatic hydroxyl groups excluding tert-OH is 5. The smallest absolute Gasteiger partial charge is 0.387 e. The molecule has 2 aliphatic heterocycles. The number of rotatable bonds is 9. The molecular weight excluding hydrogens is 592 g/mol. The second-order valence-electron chi connectivity index (χ2n) is 8.75. The highest BCUT2D eigenvalue weighted by Gasteiger charge is 2.50. The number of anilines is 1. The molecule has 11 atom stereocenters. The number of aromatic nitrogens is 4. The van der Waals surface area contributed by atoms with Crippen molar-refractivity contribution in [2.75, 3.05) is 12.3 Å². The molecule has 0 aromatic carbocycles. The number of aliphatic hydroxyl groups is 5. The number of aromatic amines is 1. The molecule has 23 heteroatoms.